The number of benzene rings is 1. The molecule has 1 aliphatic rings. The Bertz CT molecular complexity index is 1260. The Balaban J connectivity index is 1.93. The van der Waals surface area contributed by atoms with E-state index in [2.05, 4.69) is 21.3 Å². The van der Waals surface area contributed by atoms with Crippen LogP contribution in [0.5, 0.6) is 0 Å². The average molecular weight is 604 g/mol. The van der Waals surface area contributed by atoms with Gasteiger partial charge < -0.3 is 36.2 Å². The number of carbonyl (C=O) groups is 8. The topological polar surface area (TPSA) is 238 Å². The van der Waals surface area contributed by atoms with Crippen molar-refractivity contribution in [1.82, 2.24) is 20.9 Å². The van der Waals surface area contributed by atoms with Crippen LogP contribution in [0.3, 0.4) is 0 Å². The SMILES string of the molecule is CC(=O)OCc1ccc(NC(=O)[C@H](C)NC(=O)[C@H](CO)NC(=O)[C@H](CCC(=O)O)NC(=O)CCN2C(=O)C=CC2=O)cc1. The molecule has 0 saturated heterocycles. The number of nitrogens with zero attached hydrogens (tertiary/aromatic N) is 1. The van der Waals surface area contributed by atoms with E-state index in [1.54, 1.807) is 24.3 Å². The van der Waals surface area contributed by atoms with E-state index >= 15 is 0 Å². The van der Waals surface area contributed by atoms with Gasteiger partial charge in [-0.15, -0.1) is 0 Å². The first-order valence-corrected chi connectivity index (χ1v) is 13.1. The second-order valence-corrected chi connectivity index (χ2v) is 9.40. The third kappa shape index (κ3) is 11.3. The number of aliphatic carboxylic acids is 1. The molecule has 0 bridgehead atoms. The van der Waals surface area contributed by atoms with E-state index in [-0.39, 0.29) is 26.0 Å². The van der Waals surface area contributed by atoms with Gasteiger partial charge in [-0.2, -0.15) is 0 Å². The van der Waals surface area contributed by atoms with Gasteiger partial charge >= 0.3 is 11.9 Å². The number of carboxylic acids is 1. The fourth-order valence-electron chi connectivity index (χ4n) is 3.63. The molecule has 0 spiro atoms. The molecule has 16 heteroatoms. The van der Waals surface area contributed by atoms with Crippen LogP contribution in [0.2, 0.25) is 0 Å². The molecule has 1 aromatic carbocycles. The van der Waals surface area contributed by atoms with Gasteiger partial charge in [0.05, 0.1) is 6.61 Å². The number of hydrogen-bond donors (Lipinski definition) is 6. The molecule has 1 aromatic rings. The summed E-state index contributed by atoms with van der Waals surface area (Å²) in [6, 6.07) is 2.27. The molecule has 16 nitrogen and oxygen atoms in total. The molecule has 0 aliphatic carbocycles. The number of amides is 6. The minimum Gasteiger partial charge on any atom is -0.481 e. The molecule has 0 saturated carbocycles. The third-order valence-electron chi connectivity index (χ3n) is 5.99. The van der Waals surface area contributed by atoms with Gasteiger partial charge in [0, 0.05) is 44.1 Å². The lowest BCUT2D eigenvalue weighted by Crippen LogP contribution is -2.57. The van der Waals surface area contributed by atoms with Crippen LogP contribution in [0.25, 0.3) is 0 Å². The number of esters is 1. The Hall–Kier alpha value is -5.12. The van der Waals surface area contributed by atoms with Crippen LogP contribution >= 0.6 is 0 Å². The number of aliphatic hydroxyl groups is 1. The number of nitrogens with one attached hydrogen (secondary N) is 4. The molecule has 6 N–H and O–H groups in total. The van der Waals surface area contributed by atoms with E-state index in [1.807, 2.05) is 0 Å². The predicted octanol–water partition coefficient (Wildman–Crippen LogP) is -1.67. The first-order chi connectivity index (χ1) is 20.3. The van der Waals surface area contributed by atoms with E-state index in [1.165, 1.54) is 13.8 Å². The van der Waals surface area contributed by atoms with E-state index in [4.69, 9.17) is 9.84 Å². The van der Waals surface area contributed by atoms with Gasteiger partial charge in [-0.25, -0.2) is 0 Å². The van der Waals surface area contributed by atoms with Crippen LogP contribution in [0, 0.1) is 0 Å². The van der Waals surface area contributed by atoms with Gasteiger partial charge in [0.25, 0.3) is 11.8 Å². The molecule has 3 atom stereocenters. The quantitative estimate of drug-likeness (QED) is 0.0923. The maximum atomic E-state index is 12.9. The number of ether oxygens (including phenoxy) is 1. The van der Waals surface area contributed by atoms with Gasteiger partial charge in [-0.1, -0.05) is 12.1 Å². The van der Waals surface area contributed by atoms with Gasteiger partial charge in [-0.3, -0.25) is 43.3 Å². The van der Waals surface area contributed by atoms with Gasteiger partial charge in [0.2, 0.25) is 23.6 Å². The molecule has 6 amide bonds. The number of rotatable bonds is 16. The highest BCUT2D eigenvalue weighted by atomic mass is 16.5. The highest BCUT2D eigenvalue weighted by molar-refractivity contribution is 6.13. The summed E-state index contributed by atoms with van der Waals surface area (Å²) in [6.45, 7) is 1.53. The van der Waals surface area contributed by atoms with Crippen LogP contribution in [0.4, 0.5) is 5.69 Å². The lowest BCUT2D eigenvalue weighted by atomic mass is 10.1. The largest absolute Gasteiger partial charge is 0.481 e. The predicted molar refractivity (Wildman–Crippen MR) is 146 cm³/mol. The van der Waals surface area contributed by atoms with Gasteiger partial charge in [0.1, 0.15) is 24.7 Å². The van der Waals surface area contributed by atoms with Crippen LogP contribution in [0.15, 0.2) is 36.4 Å². The Kier molecular flexibility index (Phi) is 13.0. The maximum Gasteiger partial charge on any atom is 0.303 e. The summed E-state index contributed by atoms with van der Waals surface area (Å²) in [4.78, 5) is 96.6. The lowest BCUT2D eigenvalue weighted by molar-refractivity contribution is -0.142. The second kappa shape index (κ2) is 16.4. The zero-order valence-corrected chi connectivity index (χ0v) is 23.5. The number of imide groups is 1. The standard InChI is InChI=1S/C27H33N5O11/c1-15(25(40)29-18-5-3-17(4-6-18)14-43-16(2)34)28-27(42)20(13-33)31-26(41)19(7-10-24(38)39)30-21(35)11-12-32-22(36)8-9-23(32)37/h3-6,8-9,15,19-20,33H,7,10-14H2,1-2H3,(H,28,42)(H,29,40)(H,30,35)(H,31,41)(H,38,39)/t15-,19-,20-/m0/s1. The van der Waals surface area contributed by atoms with Crippen molar-refractivity contribution in [3.63, 3.8) is 0 Å². The van der Waals surface area contributed by atoms with Crippen molar-refractivity contribution in [2.45, 2.75) is 57.8 Å². The lowest BCUT2D eigenvalue weighted by Gasteiger charge is -2.23. The van der Waals surface area contributed by atoms with Crippen molar-refractivity contribution in [1.29, 1.82) is 0 Å². The smallest absolute Gasteiger partial charge is 0.303 e. The summed E-state index contributed by atoms with van der Waals surface area (Å²) in [5.74, 6) is -6.22. The fourth-order valence-corrected chi connectivity index (χ4v) is 3.63. The van der Waals surface area contributed by atoms with E-state index in [0.29, 0.717) is 11.3 Å². The van der Waals surface area contributed by atoms with Crippen molar-refractivity contribution >= 4 is 53.1 Å². The van der Waals surface area contributed by atoms with Crippen LogP contribution in [-0.4, -0.2) is 93.8 Å². The second-order valence-electron chi connectivity index (χ2n) is 9.40. The summed E-state index contributed by atoms with van der Waals surface area (Å²) in [7, 11) is 0. The monoisotopic (exact) mass is 603 g/mol. The zero-order chi connectivity index (χ0) is 32.1. The Morgan fingerprint density at radius 3 is 2.02 bits per heavy atom. The molecular weight excluding hydrogens is 570 g/mol. The fraction of sp³-hybridized carbons (Fsp3) is 0.407. The maximum absolute atomic E-state index is 12.9. The summed E-state index contributed by atoms with van der Waals surface area (Å²) >= 11 is 0. The summed E-state index contributed by atoms with van der Waals surface area (Å²) in [5, 5.41) is 28.2. The minimum absolute atomic E-state index is 0.0590. The van der Waals surface area contributed by atoms with Crippen LogP contribution in [-0.2, 0) is 49.7 Å². The van der Waals surface area contributed by atoms with Crippen molar-refractivity contribution in [2.75, 3.05) is 18.5 Å². The number of anilines is 1. The third-order valence-corrected chi connectivity index (χ3v) is 5.99. The van der Waals surface area contributed by atoms with E-state index < -0.39 is 78.5 Å². The molecular formula is C27H33N5O11. The number of carboxylic acid groups (broad SMARTS) is 1. The molecule has 232 valence electrons. The molecule has 0 aromatic heterocycles. The summed E-state index contributed by atoms with van der Waals surface area (Å²) in [5.41, 5.74) is 1.07. The Morgan fingerprint density at radius 2 is 1.47 bits per heavy atom. The number of aliphatic hydroxyl groups excluding tert-OH is 1. The number of hydrogen-bond acceptors (Lipinski definition) is 10. The first-order valence-electron chi connectivity index (χ1n) is 13.1. The van der Waals surface area contributed by atoms with Crippen LogP contribution < -0.4 is 21.3 Å². The van der Waals surface area contributed by atoms with Crippen molar-refractivity contribution in [3.05, 3.63) is 42.0 Å². The molecule has 1 aliphatic heterocycles. The van der Waals surface area contributed by atoms with Gasteiger partial charge in [-0.05, 0) is 31.0 Å². The van der Waals surface area contributed by atoms with E-state index in [9.17, 15) is 43.5 Å². The summed E-state index contributed by atoms with van der Waals surface area (Å²) < 4.78 is 4.89. The van der Waals surface area contributed by atoms with Crippen molar-refractivity contribution in [2.24, 2.45) is 0 Å². The molecule has 0 unspecified atom stereocenters. The molecule has 2 rings (SSSR count). The molecule has 0 radical (unpaired) electrons. The highest BCUT2D eigenvalue weighted by Crippen LogP contribution is 2.11. The highest BCUT2D eigenvalue weighted by Gasteiger charge is 2.29. The van der Waals surface area contributed by atoms with Crippen LogP contribution in [0.1, 0.15) is 38.7 Å². The zero-order valence-electron chi connectivity index (χ0n) is 23.5. The minimum atomic E-state index is -1.56. The van der Waals surface area contributed by atoms with Gasteiger partial charge in [0.15, 0.2) is 0 Å². The Morgan fingerprint density at radius 1 is 0.860 bits per heavy atom. The molecule has 0 fully saturated rings. The van der Waals surface area contributed by atoms with Crippen molar-refractivity contribution in [3.8, 4) is 0 Å². The number of carbonyl (C=O) groups excluding carboxylic acids is 7. The normalized spacial score (nSPS) is 14.3. The average Bonchev–Trinajstić information content (AvgIpc) is 3.28. The molecule has 1 heterocycles. The van der Waals surface area contributed by atoms with E-state index in [0.717, 1.165) is 17.1 Å². The first kappa shape index (κ1) is 34.1. The Labute approximate surface area is 245 Å². The summed E-state index contributed by atoms with van der Waals surface area (Å²) in [6.07, 6.45) is 0.819. The molecule has 43 heavy (non-hydrogen) atoms. The van der Waals surface area contributed by atoms with Crippen molar-refractivity contribution < 1.29 is 53.3 Å².